The summed E-state index contributed by atoms with van der Waals surface area (Å²) >= 11 is 1.23. The number of fused-ring (bicyclic) bond motifs is 1. The van der Waals surface area contributed by atoms with Crippen LogP contribution in [0.2, 0.25) is 0 Å². The van der Waals surface area contributed by atoms with Crippen LogP contribution in [0, 0.1) is 15.9 Å². The maximum absolute atomic E-state index is 14.0. The normalized spacial score (nSPS) is 10.9. The molecular formula is C21H14FN3O3S. The van der Waals surface area contributed by atoms with Crippen LogP contribution in [0.3, 0.4) is 0 Å². The summed E-state index contributed by atoms with van der Waals surface area (Å²) in [5.74, 6) is -0.0465. The molecule has 0 saturated heterocycles. The second kappa shape index (κ2) is 7.84. The Morgan fingerprint density at radius 3 is 2.41 bits per heavy atom. The van der Waals surface area contributed by atoms with Gasteiger partial charge in [0.25, 0.3) is 11.2 Å². The molecule has 0 aliphatic rings. The van der Waals surface area contributed by atoms with Crippen molar-refractivity contribution in [2.24, 2.45) is 0 Å². The van der Waals surface area contributed by atoms with Gasteiger partial charge < -0.3 is 0 Å². The number of nitrogens with zero attached hydrogens (tertiary/aromatic N) is 3. The minimum Gasteiger partial charge on any atom is -0.268 e. The van der Waals surface area contributed by atoms with Crippen molar-refractivity contribution in [2.75, 3.05) is 0 Å². The summed E-state index contributed by atoms with van der Waals surface area (Å²) in [5, 5.41) is 11.7. The predicted molar refractivity (Wildman–Crippen MR) is 110 cm³/mol. The number of para-hydroxylation sites is 1. The third-order valence-corrected chi connectivity index (χ3v) is 5.37. The first-order chi connectivity index (χ1) is 14.0. The molecule has 1 aromatic heterocycles. The van der Waals surface area contributed by atoms with Gasteiger partial charge in [0.05, 0.1) is 21.5 Å². The van der Waals surface area contributed by atoms with Gasteiger partial charge in [0.2, 0.25) is 0 Å². The van der Waals surface area contributed by atoms with Gasteiger partial charge >= 0.3 is 0 Å². The molecule has 0 N–H and O–H groups in total. The fourth-order valence-corrected chi connectivity index (χ4v) is 3.92. The fourth-order valence-electron chi connectivity index (χ4n) is 2.92. The van der Waals surface area contributed by atoms with Gasteiger partial charge in [0, 0.05) is 17.9 Å². The molecule has 0 fully saturated rings. The molecule has 0 amide bonds. The van der Waals surface area contributed by atoms with Crippen molar-refractivity contribution in [1.29, 1.82) is 0 Å². The Kier molecular flexibility index (Phi) is 5.09. The zero-order valence-electron chi connectivity index (χ0n) is 15.0. The minimum absolute atomic E-state index is 0.0730. The smallest absolute Gasteiger partial charge is 0.268 e. The Hall–Kier alpha value is -3.52. The van der Waals surface area contributed by atoms with Crippen LogP contribution in [0.15, 0.2) is 82.7 Å². The van der Waals surface area contributed by atoms with Gasteiger partial charge in [0.1, 0.15) is 5.82 Å². The van der Waals surface area contributed by atoms with Crippen molar-refractivity contribution in [2.45, 2.75) is 10.9 Å². The average Bonchev–Trinajstić information content (AvgIpc) is 2.73. The Balaban J connectivity index is 1.83. The molecule has 0 aliphatic carbocycles. The summed E-state index contributed by atoms with van der Waals surface area (Å²) in [4.78, 5) is 28.2. The Morgan fingerprint density at radius 2 is 1.69 bits per heavy atom. The first-order valence-corrected chi connectivity index (χ1v) is 9.66. The average molecular weight is 407 g/mol. The minimum atomic E-state index is -0.501. The molecule has 4 aromatic rings. The van der Waals surface area contributed by atoms with Crippen LogP contribution in [0.5, 0.6) is 0 Å². The summed E-state index contributed by atoms with van der Waals surface area (Å²) in [5.41, 5.74) is 1.12. The first-order valence-electron chi connectivity index (χ1n) is 8.67. The number of non-ortho nitro benzene ring substituents is 1. The van der Waals surface area contributed by atoms with Crippen LogP contribution >= 0.6 is 11.8 Å². The van der Waals surface area contributed by atoms with Crippen LogP contribution in [0.25, 0.3) is 16.6 Å². The maximum Gasteiger partial charge on any atom is 0.269 e. The SMILES string of the molecule is O=c1c2ccccc2nc(SCc2ccccc2F)n1-c1ccc([N+](=O)[O-])cc1. The van der Waals surface area contributed by atoms with E-state index in [2.05, 4.69) is 4.98 Å². The second-order valence-corrected chi connectivity index (χ2v) is 7.15. The van der Waals surface area contributed by atoms with Crippen LogP contribution in [0.4, 0.5) is 10.1 Å². The van der Waals surface area contributed by atoms with Crippen LogP contribution in [0.1, 0.15) is 5.56 Å². The van der Waals surface area contributed by atoms with Gasteiger partial charge in [0.15, 0.2) is 5.16 Å². The van der Waals surface area contributed by atoms with E-state index >= 15 is 0 Å². The highest BCUT2D eigenvalue weighted by molar-refractivity contribution is 7.98. The molecule has 4 rings (SSSR count). The highest BCUT2D eigenvalue weighted by atomic mass is 32.2. The lowest BCUT2D eigenvalue weighted by atomic mass is 10.2. The van der Waals surface area contributed by atoms with E-state index < -0.39 is 4.92 Å². The number of hydrogen-bond acceptors (Lipinski definition) is 5. The Bertz CT molecular complexity index is 1270. The zero-order valence-corrected chi connectivity index (χ0v) is 15.8. The number of nitro groups is 1. The molecule has 0 bridgehead atoms. The van der Waals surface area contributed by atoms with E-state index in [1.54, 1.807) is 42.5 Å². The van der Waals surface area contributed by atoms with Crippen molar-refractivity contribution in [3.05, 3.63) is 105 Å². The summed E-state index contributed by atoms with van der Waals surface area (Å²) in [6.07, 6.45) is 0. The quantitative estimate of drug-likeness (QED) is 0.207. The van der Waals surface area contributed by atoms with E-state index in [0.29, 0.717) is 27.3 Å². The van der Waals surface area contributed by atoms with Crippen LogP contribution < -0.4 is 5.56 Å². The van der Waals surface area contributed by atoms with Gasteiger partial charge in [-0.15, -0.1) is 0 Å². The number of benzene rings is 3. The lowest BCUT2D eigenvalue weighted by Gasteiger charge is -2.13. The number of halogens is 1. The third-order valence-electron chi connectivity index (χ3n) is 4.38. The van der Waals surface area contributed by atoms with Gasteiger partial charge in [-0.2, -0.15) is 0 Å². The number of thioether (sulfide) groups is 1. The summed E-state index contributed by atoms with van der Waals surface area (Å²) < 4.78 is 15.4. The van der Waals surface area contributed by atoms with E-state index in [9.17, 15) is 19.3 Å². The van der Waals surface area contributed by atoms with Gasteiger partial charge in [-0.3, -0.25) is 19.5 Å². The Labute approximate surface area is 168 Å². The van der Waals surface area contributed by atoms with Crippen molar-refractivity contribution in [1.82, 2.24) is 9.55 Å². The fraction of sp³-hybridized carbons (Fsp3) is 0.0476. The highest BCUT2D eigenvalue weighted by Crippen LogP contribution is 2.26. The molecule has 0 aliphatic heterocycles. The topological polar surface area (TPSA) is 78.0 Å². The number of nitro benzene ring substituents is 1. The van der Waals surface area contributed by atoms with E-state index in [-0.39, 0.29) is 22.8 Å². The molecule has 3 aromatic carbocycles. The molecule has 0 radical (unpaired) electrons. The molecule has 29 heavy (non-hydrogen) atoms. The summed E-state index contributed by atoms with van der Waals surface area (Å²) in [6, 6.07) is 19.1. The Morgan fingerprint density at radius 1 is 1.00 bits per heavy atom. The van der Waals surface area contributed by atoms with E-state index in [4.69, 9.17) is 0 Å². The molecule has 0 spiro atoms. The summed E-state index contributed by atoms with van der Waals surface area (Å²) in [7, 11) is 0. The van der Waals surface area contributed by atoms with E-state index in [0.717, 1.165) is 0 Å². The van der Waals surface area contributed by atoms with Gasteiger partial charge in [-0.25, -0.2) is 9.37 Å². The maximum atomic E-state index is 14.0. The monoisotopic (exact) mass is 407 g/mol. The number of rotatable bonds is 5. The molecule has 144 valence electrons. The van der Waals surface area contributed by atoms with E-state index in [1.165, 1.54) is 46.7 Å². The third kappa shape index (κ3) is 3.74. The predicted octanol–water partition coefficient (Wildman–Crippen LogP) is 4.73. The lowest BCUT2D eigenvalue weighted by Crippen LogP contribution is -2.21. The largest absolute Gasteiger partial charge is 0.269 e. The standard InChI is InChI=1S/C21H14FN3O3S/c22-18-7-3-1-5-14(18)13-29-21-23-19-8-4-2-6-17(19)20(26)24(21)15-9-11-16(12-10-15)25(27)28/h1-12H,13H2. The summed E-state index contributed by atoms with van der Waals surface area (Å²) in [6.45, 7) is 0. The van der Waals surface area contributed by atoms with Crippen molar-refractivity contribution in [3.8, 4) is 5.69 Å². The molecule has 6 nitrogen and oxygen atoms in total. The highest BCUT2D eigenvalue weighted by Gasteiger charge is 2.15. The van der Waals surface area contributed by atoms with Crippen molar-refractivity contribution < 1.29 is 9.31 Å². The molecule has 0 saturated carbocycles. The van der Waals surface area contributed by atoms with Crippen molar-refractivity contribution in [3.63, 3.8) is 0 Å². The van der Waals surface area contributed by atoms with Crippen LogP contribution in [-0.4, -0.2) is 14.5 Å². The molecule has 1 heterocycles. The van der Waals surface area contributed by atoms with E-state index in [1.807, 2.05) is 0 Å². The molecule has 8 heteroatoms. The molecule has 0 atom stereocenters. The van der Waals surface area contributed by atoms with Gasteiger partial charge in [-0.05, 0) is 35.9 Å². The second-order valence-electron chi connectivity index (χ2n) is 6.21. The van der Waals surface area contributed by atoms with Crippen LogP contribution in [-0.2, 0) is 5.75 Å². The number of hydrogen-bond donors (Lipinski definition) is 0. The van der Waals surface area contributed by atoms with Gasteiger partial charge in [-0.1, -0.05) is 42.1 Å². The van der Waals surface area contributed by atoms with Crippen molar-refractivity contribution >= 4 is 28.4 Å². The lowest BCUT2D eigenvalue weighted by molar-refractivity contribution is -0.384. The zero-order chi connectivity index (χ0) is 20.4. The molecule has 0 unspecified atom stereocenters. The molecular weight excluding hydrogens is 393 g/mol. The first kappa shape index (κ1) is 18.8. The number of aromatic nitrogens is 2.